The smallest absolute Gasteiger partial charge is 0.174 e. The molecule has 0 aliphatic heterocycles. The van der Waals surface area contributed by atoms with Crippen LogP contribution in [0.4, 0.5) is 0 Å². The highest BCUT2D eigenvalue weighted by Crippen LogP contribution is 2.15. The number of carbonyl (C=O) groups is 2. The molecule has 1 fully saturated rings. The Morgan fingerprint density at radius 2 is 1.73 bits per heavy atom. The molecule has 0 saturated heterocycles. The number of hydrogen-bond donors (Lipinski definition) is 0. The van der Waals surface area contributed by atoms with Gasteiger partial charge in [0.1, 0.15) is 0 Å². The molecule has 0 bridgehead atoms. The summed E-state index contributed by atoms with van der Waals surface area (Å²) in [6.07, 6.45) is -0.0899. The number of rotatable bonds is 2. The van der Waals surface area contributed by atoms with Gasteiger partial charge in [-0.3, -0.25) is 9.59 Å². The normalized spacial score (nSPS) is 20.3. The fourth-order valence-electron chi connectivity index (χ4n) is 1.11. The standard InChI is InChI=1S/C8H12O3/c1-5(2)11-8-6(9)3-4-7(8)10/h5,8H,3-4H2,1-2H3. The van der Waals surface area contributed by atoms with Crippen molar-refractivity contribution in [1.82, 2.24) is 0 Å². The average Bonchev–Trinajstić information content (AvgIpc) is 2.18. The lowest BCUT2D eigenvalue weighted by Crippen LogP contribution is -2.28. The van der Waals surface area contributed by atoms with Crippen molar-refractivity contribution in [2.45, 2.75) is 38.9 Å². The third-order valence-electron chi connectivity index (χ3n) is 1.61. The molecule has 0 aromatic rings. The maximum Gasteiger partial charge on any atom is 0.174 e. The predicted molar refractivity (Wildman–Crippen MR) is 39.3 cm³/mol. The molecule has 62 valence electrons. The Morgan fingerprint density at radius 1 is 1.27 bits per heavy atom. The topological polar surface area (TPSA) is 43.4 Å². The molecular formula is C8H12O3. The van der Waals surface area contributed by atoms with E-state index in [9.17, 15) is 9.59 Å². The zero-order chi connectivity index (χ0) is 8.43. The zero-order valence-electron chi connectivity index (χ0n) is 6.79. The first-order chi connectivity index (χ1) is 5.11. The van der Waals surface area contributed by atoms with Gasteiger partial charge in [-0.1, -0.05) is 0 Å². The van der Waals surface area contributed by atoms with Crippen molar-refractivity contribution in [3.05, 3.63) is 0 Å². The molecular weight excluding hydrogens is 144 g/mol. The van der Waals surface area contributed by atoms with Crippen LogP contribution in [0.15, 0.2) is 0 Å². The fraction of sp³-hybridized carbons (Fsp3) is 0.750. The summed E-state index contributed by atoms with van der Waals surface area (Å²) in [5.41, 5.74) is 0. The van der Waals surface area contributed by atoms with E-state index in [0.29, 0.717) is 12.8 Å². The molecule has 3 heteroatoms. The number of ether oxygens (including phenoxy) is 1. The second kappa shape index (κ2) is 3.13. The molecule has 1 aliphatic rings. The van der Waals surface area contributed by atoms with Gasteiger partial charge in [0.15, 0.2) is 17.7 Å². The van der Waals surface area contributed by atoms with Crippen LogP contribution in [-0.4, -0.2) is 23.8 Å². The van der Waals surface area contributed by atoms with Gasteiger partial charge in [0.2, 0.25) is 0 Å². The van der Waals surface area contributed by atoms with E-state index < -0.39 is 6.10 Å². The third-order valence-corrected chi connectivity index (χ3v) is 1.61. The van der Waals surface area contributed by atoms with Crippen molar-refractivity contribution >= 4 is 11.6 Å². The van der Waals surface area contributed by atoms with Gasteiger partial charge >= 0.3 is 0 Å². The second-order valence-corrected chi connectivity index (χ2v) is 3.00. The van der Waals surface area contributed by atoms with Gasteiger partial charge in [0, 0.05) is 12.8 Å². The molecule has 0 aromatic carbocycles. The SMILES string of the molecule is CC(C)OC1C(=O)CCC1=O. The molecule has 0 radical (unpaired) electrons. The summed E-state index contributed by atoms with van der Waals surface area (Å²) < 4.78 is 5.14. The van der Waals surface area contributed by atoms with Crippen LogP contribution in [0, 0.1) is 0 Å². The molecule has 1 saturated carbocycles. The highest BCUT2D eigenvalue weighted by atomic mass is 16.5. The van der Waals surface area contributed by atoms with E-state index in [1.54, 1.807) is 0 Å². The van der Waals surface area contributed by atoms with Crippen LogP contribution in [0.2, 0.25) is 0 Å². The fourth-order valence-corrected chi connectivity index (χ4v) is 1.11. The van der Waals surface area contributed by atoms with E-state index in [-0.39, 0.29) is 17.7 Å². The van der Waals surface area contributed by atoms with Crippen molar-refractivity contribution in [3.8, 4) is 0 Å². The Balaban J connectivity index is 2.55. The predicted octanol–water partition coefficient (Wildman–Crippen LogP) is 0.712. The molecule has 0 heterocycles. The Kier molecular flexibility index (Phi) is 2.39. The van der Waals surface area contributed by atoms with Gasteiger partial charge in [0.05, 0.1) is 6.10 Å². The number of carbonyl (C=O) groups excluding carboxylic acids is 2. The Hall–Kier alpha value is -0.700. The monoisotopic (exact) mass is 156 g/mol. The maximum absolute atomic E-state index is 11.0. The third kappa shape index (κ3) is 1.87. The van der Waals surface area contributed by atoms with E-state index in [1.807, 2.05) is 13.8 Å². The van der Waals surface area contributed by atoms with Gasteiger partial charge in [-0.25, -0.2) is 0 Å². The van der Waals surface area contributed by atoms with Crippen LogP contribution < -0.4 is 0 Å². The van der Waals surface area contributed by atoms with Gasteiger partial charge < -0.3 is 4.74 Å². The quantitative estimate of drug-likeness (QED) is 0.553. The van der Waals surface area contributed by atoms with Crippen molar-refractivity contribution in [3.63, 3.8) is 0 Å². The number of Topliss-reactive ketones (excluding diaryl/α,β-unsaturated/α-hetero) is 2. The first-order valence-corrected chi connectivity index (χ1v) is 3.82. The Labute approximate surface area is 65.7 Å². The summed E-state index contributed by atoms with van der Waals surface area (Å²) in [6, 6.07) is 0. The summed E-state index contributed by atoms with van der Waals surface area (Å²) in [5, 5.41) is 0. The first-order valence-electron chi connectivity index (χ1n) is 3.82. The molecule has 0 N–H and O–H groups in total. The lowest BCUT2D eigenvalue weighted by atomic mass is 10.2. The van der Waals surface area contributed by atoms with Crippen LogP contribution in [0.3, 0.4) is 0 Å². The molecule has 0 aromatic heterocycles. The molecule has 0 amide bonds. The number of ketones is 2. The second-order valence-electron chi connectivity index (χ2n) is 3.00. The van der Waals surface area contributed by atoms with E-state index in [4.69, 9.17) is 4.74 Å². The van der Waals surface area contributed by atoms with Crippen LogP contribution >= 0.6 is 0 Å². The highest BCUT2D eigenvalue weighted by molar-refractivity contribution is 6.11. The van der Waals surface area contributed by atoms with Gasteiger partial charge in [-0.15, -0.1) is 0 Å². The van der Waals surface area contributed by atoms with Crippen LogP contribution in [0.25, 0.3) is 0 Å². The molecule has 0 unspecified atom stereocenters. The summed E-state index contributed by atoms with van der Waals surface area (Å²) in [7, 11) is 0. The summed E-state index contributed by atoms with van der Waals surface area (Å²) in [5.74, 6) is -0.132. The zero-order valence-corrected chi connectivity index (χ0v) is 6.79. The van der Waals surface area contributed by atoms with E-state index in [1.165, 1.54) is 0 Å². The van der Waals surface area contributed by atoms with Crippen molar-refractivity contribution < 1.29 is 14.3 Å². The average molecular weight is 156 g/mol. The van der Waals surface area contributed by atoms with E-state index in [0.717, 1.165) is 0 Å². The minimum Gasteiger partial charge on any atom is -0.360 e. The molecule has 1 rings (SSSR count). The van der Waals surface area contributed by atoms with Crippen molar-refractivity contribution in [2.75, 3.05) is 0 Å². The molecule has 1 aliphatic carbocycles. The van der Waals surface area contributed by atoms with Crippen LogP contribution in [0.5, 0.6) is 0 Å². The van der Waals surface area contributed by atoms with E-state index >= 15 is 0 Å². The Morgan fingerprint density at radius 3 is 2.09 bits per heavy atom. The summed E-state index contributed by atoms with van der Waals surface area (Å²) in [6.45, 7) is 3.64. The molecule has 0 atom stereocenters. The van der Waals surface area contributed by atoms with Gasteiger partial charge in [0.25, 0.3) is 0 Å². The molecule has 0 spiro atoms. The lowest BCUT2D eigenvalue weighted by Gasteiger charge is -2.11. The highest BCUT2D eigenvalue weighted by Gasteiger charge is 2.33. The minimum atomic E-state index is -0.755. The minimum absolute atomic E-state index is 0.0500. The molecule has 11 heavy (non-hydrogen) atoms. The summed E-state index contributed by atoms with van der Waals surface area (Å²) >= 11 is 0. The largest absolute Gasteiger partial charge is 0.360 e. The summed E-state index contributed by atoms with van der Waals surface area (Å²) in [4.78, 5) is 21.9. The maximum atomic E-state index is 11.0. The van der Waals surface area contributed by atoms with Gasteiger partial charge in [-0.05, 0) is 13.8 Å². The van der Waals surface area contributed by atoms with Crippen molar-refractivity contribution in [2.24, 2.45) is 0 Å². The van der Waals surface area contributed by atoms with Crippen LogP contribution in [-0.2, 0) is 14.3 Å². The Bertz CT molecular complexity index is 168. The number of hydrogen-bond acceptors (Lipinski definition) is 3. The first kappa shape index (κ1) is 8.40. The van der Waals surface area contributed by atoms with Gasteiger partial charge in [-0.2, -0.15) is 0 Å². The lowest BCUT2D eigenvalue weighted by molar-refractivity contribution is -0.139. The molecule has 3 nitrogen and oxygen atoms in total. The van der Waals surface area contributed by atoms with E-state index in [2.05, 4.69) is 0 Å². The van der Waals surface area contributed by atoms with Crippen molar-refractivity contribution in [1.29, 1.82) is 0 Å². The van der Waals surface area contributed by atoms with Crippen LogP contribution in [0.1, 0.15) is 26.7 Å².